The largest absolute Gasteiger partial charge is 0.393 e. The van der Waals surface area contributed by atoms with Crippen molar-refractivity contribution in [1.29, 1.82) is 0 Å². The summed E-state index contributed by atoms with van der Waals surface area (Å²) in [4.78, 5) is 14.0. The van der Waals surface area contributed by atoms with Gasteiger partial charge in [-0.25, -0.2) is 0 Å². The SMILES string of the molecule is C/C(=C\C[C@@H](O)CCc1ccccc1)C(=O)N1CCOCC1. The zero-order valence-electron chi connectivity index (χ0n) is 13.2. The van der Waals surface area contributed by atoms with Crippen LogP contribution in [0.1, 0.15) is 25.3 Å². The van der Waals surface area contributed by atoms with Crippen LogP contribution < -0.4 is 0 Å². The molecule has 1 aromatic rings. The summed E-state index contributed by atoms with van der Waals surface area (Å²) in [5.74, 6) is 0.0542. The van der Waals surface area contributed by atoms with E-state index < -0.39 is 6.10 Å². The molecule has 0 radical (unpaired) electrons. The zero-order chi connectivity index (χ0) is 15.8. The average Bonchev–Trinajstić information content (AvgIpc) is 2.58. The molecule has 0 saturated carbocycles. The molecule has 1 heterocycles. The second kappa shape index (κ2) is 8.71. The number of aliphatic hydroxyl groups is 1. The van der Waals surface area contributed by atoms with Crippen molar-refractivity contribution < 1.29 is 14.6 Å². The highest BCUT2D eigenvalue weighted by Gasteiger charge is 2.18. The fraction of sp³-hybridized carbons (Fsp3) is 0.500. The van der Waals surface area contributed by atoms with Crippen molar-refractivity contribution in [2.45, 2.75) is 32.3 Å². The molecule has 1 amide bonds. The van der Waals surface area contributed by atoms with Crippen LogP contribution in [0.2, 0.25) is 0 Å². The first kappa shape index (κ1) is 16.7. The Labute approximate surface area is 132 Å². The quantitative estimate of drug-likeness (QED) is 0.820. The summed E-state index contributed by atoms with van der Waals surface area (Å²) in [5.41, 5.74) is 1.94. The maximum absolute atomic E-state index is 12.2. The molecule has 22 heavy (non-hydrogen) atoms. The molecule has 1 fully saturated rings. The van der Waals surface area contributed by atoms with Crippen LogP contribution in [0.3, 0.4) is 0 Å². The number of benzene rings is 1. The maximum Gasteiger partial charge on any atom is 0.249 e. The van der Waals surface area contributed by atoms with Gasteiger partial charge in [-0.15, -0.1) is 0 Å². The van der Waals surface area contributed by atoms with E-state index in [1.54, 1.807) is 0 Å². The molecule has 1 aromatic carbocycles. The Morgan fingerprint density at radius 3 is 2.68 bits per heavy atom. The van der Waals surface area contributed by atoms with E-state index in [2.05, 4.69) is 12.1 Å². The van der Waals surface area contributed by atoms with E-state index in [4.69, 9.17) is 4.74 Å². The van der Waals surface area contributed by atoms with Gasteiger partial charge in [-0.1, -0.05) is 36.4 Å². The van der Waals surface area contributed by atoms with Crippen LogP contribution in [0.15, 0.2) is 42.0 Å². The van der Waals surface area contributed by atoms with Crippen LogP contribution in [-0.2, 0) is 16.0 Å². The van der Waals surface area contributed by atoms with Crippen molar-refractivity contribution in [3.8, 4) is 0 Å². The lowest BCUT2D eigenvalue weighted by Gasteiger charge is -2.27. The lowest BCUT2D eigenvalue weighted by Crippen LogP contribution is -2.41. The van der Waals surface area contributed by atoms with Crippen molar-refractivity contribution in [3.05, 3.63) is 47.5 Å². The number of nitrogens with zero attached hydrogens (tertiary/aromatic N) is 1. The molecule has 0 aliphatic carbocycles. The van der Waals surface area contributed by atoms with Crippen molar-refractivity contribution in [2.24, 2.45) is 0 Å². The molecule has 4 heteroatoms. The van der Waals surface area contributed by atoms with Crippen molar-refractivity contribution in [2.75, 3.05) is 26.3 Å². The van der Waals surface area contributed by atoms with E-state index in [1.807, 2.05) is 36.1 Å². The number of ether oxygens (including phenoxy) is 1. The Morgan fingerprint density at radius 2 is 2.00 bits per heavy atom. The summed E-state index contributed by atoms with van der Waals surface area (Å²) >= 11 is 0. The van der Waals surface area contributed by atoms with Gasteiger partial charge < -0.3 is 14.7 Å². The van der Waals surface area contributed by atoms with Gasteiger partial charge in [0.25, 0.3) is 0 Å². The number of rotatable bonds is 6. The van der Waals surface area contributed by atoms with Gasteiger partial charge in [-0.05, 0) is 31.7 Å². The molecular weight excluding hydrogens is 278 g/mol. The first-order valence-corrected chi connectivity index (χ1v) is 7.92. The molecular formula is C18H25NO3. The highest BCUT2D eigenvalue weighted by Crippen LogP contribution is 2.11. The van der Waals surface area contributed by atoms with E-state index in [-0.39, 0.29) is 5.91 Å². The maximum atomic E-state index is 12.2. The molecule has 120 valence electrons. The fourth-order valence-electron chi connectivity index (χ4n) is 2.51. The van der Waals surface area contributed by atoms with Gasteiger partial charge in [0.15, 0.2) is 0 Å². The number of aryl methyl sites for hydroxylation is 1. The topological polar surface area (TPSA) is 49.8 Å². The summed E-state index contributed by atoms with van der Waals surface area (Å²) in [6.45, 7) is 4.35. The van der Waals surface area contributed by atoms with Crippen LogP contribution in [-0.4, -0.2) is 48.3 Å². The normalized spacial score (nSPS) is 17.4. The predicted octanol–water partition coefficient (Wildman–Crippen LogP) is 2.18. The lowest BCUT2D eigenvalue weighted by molar-refractivity contribution is -0.131. The fourth-order valence-corrected chi connectivity index (χ4v) is 2.51. The number of hydrogen-bond donors (Lipinski definition) is 1. The third kappa shape index (κ3) is 5.28. The Balaban J connectivity index is 1.75. The Hall–Kier alpha value is -1.65. The summed E-state index contributed by atoms with van der Waals surface area (Å²) in [6.07, 6.45) is 3.53. The Kier molecular flexibility index (Phi) is 6.62. The van der Waals surface area contributed by atoms with E-state index in [9.17, 15) is 9.90 Å². The molecule has 2 rings (SSSR count). The predicted molar refractivity (Wildman–Crippen MR) is 86.5 cm³/mol. The van der Waals surface area contributed by atoms with Crippen LogP contribution in [0.5, 0.6) is 0 Å². The van der Waals surface area contributed by atoms with Crippen molar-refractivity contribution in [3.63, 3.8) is 0 Å². The molecule has 0 bridgehead atoms. The van der Waals surface area contributed by atoms with Gasteiger partial charge in [-0.3, -0.25) is 4.79 Å². The number of morpholine rings is 1. The van der Waals surface area contributed by atoms with Crippen LogP contribution >= 0.6 is 0 Å². The first-order valence-electron chi connectivity index (χ1n) is 7.92. The van der Waals surface area contributed by atoms with Gasteiger partial charge in [0.2, 0.25) is 5.91 Å². The summed E-state index contributed by atoms with van der Waals surface area (Å²) in [7, 11) is 0. The minimum absolute atomic E-state index is 0.0542. The minimum Gasteiger partial charge on any atom is -0.393 e. The van der Waals surface area contributed by atoms with E-state index >= 15 is 0 Å². The average molecular weight is 303 g/mol. The summed E-state index contributed by atoms with van der Waals surface area (Å²) in [5, 5.41) is 10.1. The second-order valence-electron chi connectivity index (χ2n) is 5.71. The van der Waals surface area contributed by atoms with Gasteiger partial charge in [0, 0.05) is 18.7 Å². The molecule has 1 N–H and O–H groups in total. The molecule has 1 aliphatic heterocycles. The lowest BCUT2D eigenvalue weighted by atomic mass is 10.0. The van der Waals surface area contributed by atoms with Crippen molar-refractivity contribution >= 4 is 5.91 Å². The third-order valence-electron chi connectivity index (χ3n) is 3.94. The third-order valence-corrected chi connectivity index (χ3v) is 3.94. The summed E-state index contributed by atoms with van der Waals surface area (Å²) in [6, 6.07) is 10.1. The summed E-state index contributed by atoms with van der Waals surface area (Å²) < 4.78 is 5.25. The number of carbonyl (C=O) groups excluding carboxylic acids is 1. The second-order valence-corrected chi connectivity index (χ2v) is 5.71. The van der Waals surface area contributed by atoms with Gasteiger partial charge in [-0.2, -0.15) is 0 Å². The van der Waals surface area contributed by atoms with Crippen LogP contribution in [0.4, 0.5) is 0 Å². The number of aliphatic hydroxyl groups excluding tert-OH is 1. The first-order chi connectivity index (χ1) is 10.7. The zero-order valence-corrected chi connectivity index (χ0v) is 13.2. The minimum atomic E-state index is -0.410. The molecule has 0 aromatic heterocycles. The molecule has 1 aliphatic rings. The van der Waals surface area contributed by atoms with Gasteiger partial charge >= 0.3 is 0 Å². The molecule has 1 saturated heterocycles. The monoisotopic (exact) mass is 303 g/mol. The Bertz CT molecular complexity index is 492. The molecule has 1 atom stereocenters. The van der Waals surface area contributed by atoms with Gasteiger partial charge in [0.05, 0.1) is 19.3 Å². The van der Waals surface area contributed by atoms with Gasteiger partial charge in [0.1, 0.15) is 0 Å². The molecule has 0 unspecified atom stereocenters. The number of amides is 1. The van der Waals surface area contributed by atoms with E-state index in [0.717, 1.165) is 6.42 Å². The standard InChI is InChI=1S/C18H25NO3/c1-15(18(21)19-11-13-22-14-12-19)7-9-17(20)10-8-16-5-3-2-4-6-16/h2-7,17,20H,8-14H2,1H3/b15-7+/t17-/m1/s1. The van der Waals surface area contributed by atoms with Crippen LogP contribution in [0, 0.1) is 0 Å². The smallest absolute Gasteiger partial charge is 0.249 e. The Morgan fingerprint density at radius 1 is 1.32 bits per heavy atom. The molecule has 0 spiro atoms. The van der Waals surface area contributed by atoms with E-state index in [0.29, 0.717) is 44.7 Å². The van der Waals surface area contributed by atoms with E-state index in [1.165, 1.54) is 5.56 Å². The highest BCUT2D eigenvalue weighted by molar-refractivity contribution is 5.92. The molecule has 4 nitrogen and oxygen atoms in total. The number of carbonyl (C=O) groups is 1. The highest BCUT2D eigenvalue weighted by atomic mass is 16.5. The van der Waals surface area contributed by atoms with Crippen LogP contribution in [0.25, 0.3) is 0 Å². The van der Waals surface area contributed by atoms with Crippen molar-refractivity contribution in [1.82, 2.24) is 4.90 Å². The number of hydrogen-bond acceptors (Lipinski definition) is 3.